The second-order valence-corrected chi connectivity index (χ2v) is 5.30. The quantitative estimate of drug-likeness (QED) is 0.796. The highest BCUT2D eigenvalue weighted by molar-refractivity contribution is 9.18. The van der Waals surface area contributed by atoms with Crippen molar-refractivity contribution in [2.45, 2.75) is 38.2 Å². The molecular formula is C13H18BrNO2. The average Bonchev–Trinajstić information content (AvgIpc) is 2.68. The van der Waals surface area contributed by atoms with Crippen LogP contribution in [0.5, 0.6) is 0 Å². The molecule has 0 radical (unpaired) electrons. The number of halogens is 1. The second kappa shape index (κ2) is 6.36. The van der Waals surface area contributed by atoms with Crippen LogP contribution in [-0.4, -0.2) is 22.4 Å². The molecule has 2 atom stereocenters. The second-order valence-electron chi connectivity index (χ2n) is 4.49. The van der Waals surface area contributed by atoms with Gasteiger partial charge in [0.1, 0.15) is 10.7 Å². The third-order valence-electron chi connectivity index (χ3n) is 3.29. The molecule has 1 heterocycles. The molecule has 94 valence electrons. The lowest BCUT2D eigenvalue weighted by atomic mass is 9.93. The average molecular weight is 300 g/mol. The molecule has 0 aromatic carbocycles. The zero-order valence-electron chi connectivity index (χ0n) is 9.81. The molecule has 17 heavy (non-hydrogen) atoms. The number of fused-ring (bicyclic) bond motifs is 1. The summed E-state index contributed by atoms with van der Waals surface area (Å²) in [6.07, 6.45) is 11.5. The van der Waals surface area contributed by atoms with E-state index >= 15 is 0 Å². The third kappa shape index (κ3) is 3.42. The van der Waals surface area contributed by atoms with E-state index < -0.39 is 0 Å². The largest absolute Gasteiger partial charge is 0.396 e. The van der Waals surface area contributed by atoms with E-state index in [9.17, 15) is 0 Å². The highest BCUT2D eigenvalue weighted by atomic mass is 79.9. The summed E-state index contributed by atoms with van der Waals surface area (Å²) < 4.78 is 0.923. The zero-order chi connectivity index (χ0) is 12.1. The number of oxime groups is 1. The Morgan fingerprint density at radius 2 is 2.35 bits per heavy atom. The fraction of sp³-hybridized carbons (Fsp3) is 0.615. The van der Waals surface area contributed by atoms with Crippen LogP contribution in [0.1, 0.15) is 32.1 Å². The van der Waals surface area contributed by atoms with E-state index in [4.69, 9.17) is 9.94 Å². The predicted octanol–water partition coefficient (Wildman–Crippen LogP) is 3.15. The summed E-state index contributed by atoms with van der Waals surface area (Å²) in [4.78, 5) is 5.42. The van der Waals surface area contributed by atoms with Crippen LogP contribution in [-0.2, 0) is 4.84 Å². The lowest BCUT2D eigenvalue weighted by Crippen LogP contribution is -2.20. The Hall–Kier alpha value is -0.610. The highest BCUT2D eigenvalue weighted by Crippen LogP contribution is 2.30. The first-order valence-corrected chi connectivity index (χ1v) is 6.93. The molecule has 1 N–H and O–H groups in total. The summed E-state index contributed by atoms with van der Waals surface area (Å²) in [5.74, 6) is 0.343. The number of aliphatic hydroxyl groups is 1. The predicted molar refractivity (Wildman–Crippen MR) is 72.1 cm³/mol. The van der Waals surface area contributed by atoms with Crippen molar-refractivity contribution in [2.24, 2.45) is 11.1 Å². The van der Waals surface area contributed by atoms with Crippen LogP contribution in [0.4, 0.5) is 0 Å². The topological polar surface area (TPSA) is 41.8 Å². The fourth-order valence-corrected chi connectivity index (χ4v) is 2.82. The zero-order valence-corrected chi connectivity index (χ0v) is 11.4. The summed E-state index contributed by atoms with van der Waals surface area (Å²) >= 11 is 3.47. The van der Waals surface area contributed by atoms with E-state index in [1.54, 1.807) is 0 Å². The van der Waals surface area contributed by atoms with Crippen LogP contribution >= 0.6 is 15.9 Å². The Kier molecular flexibility index (Phi) is 4.80. The van der Waals surface area contributed by atoms with Crippen LogP contribution in [0.3, 0.4) is 0 Å². The summed E-state index contributed by atoms with van der Waals surface area (Å²) in [5.41, 5.74) is 1.30. The number of hydrogen-bond donors (Lipinski definition) is 1. The van der Waals surface area contributed by atoms with Crippen molar-refractivity contribution in [2.75, 3.05) is 6.61 Å². The highest BCUT2D eigenvalue weighted by Gasteiger charge is 2.31. The van der Waals surface area contributed by atoms with E-state index in [0.717, 1.165) is 36.7 Å². The first kappa shape index (κ1) is 12.8. The Labute approximate surface area is 110 Å². The maximum Gasteiger partial charge on any atom is 0.137 e. The molecule has 0 unspecified atom stereocenters. The third-order valence-corrected chi connectivity index (χ3v) is 4.02. The van der Waals surface area contributed by atoms with Gasteiger partial charge < -0.3 is 9.94 Å². The maximum absolute atomic E-state index is 9.02. The van der Waals surface area contributed by atoms with Crippen molar-refractivity contribution in [3.8, 4) is 0 Å². The van der Waals surface area contributed by atoms with Crippen molar-refractivity contribution in [1.29, 1.82) is 0 Å². The van der Waals surface area contributed by atoms with Gasteiger partial charge in [0.25, 0.3) is 0 Å². The number of rotatable bonds is 2. The molecule has 0 aromatic rings. The molecule has 0 amide bonds. The van der Waals surface area contributed by atoms with E-state index in [-0.39, 0.29) is 12.7 Å². The molecule has 0 saturated carbocycles. The fourth-order valence-electron chi connectivity index (χ4n) is 2.25. The monoisotopic (exact) mass is 299 g/mol. The first-order chi connectivity index (χ1) is 8.31. The van der Waals surface area contributed by atoms with Crippen LogP contribution in [0.2, 0.25) is 0 Å². The van der Waals surface area contributed by atoms with Crippen LogP contribution in [0, 0.1) is 5.92 Å². The Bertz CT molecular complexity index is 349. The molecule has 0 fully saturated rings. The Morgan fingerprint density at radius 1 is 1.47 bits per heavy atom. The van der Waals surface area contributed by atoms with Gasteiger partial charge in [-0.3, -0.25) is 0 Å². The van der Waals surface area contributed by atoms with Crippen molar-refractivity contribution in [1.82, 2.24) is 0 Å². The van der Waals surface area contributed by atoms with Gasteiger partial charge in [-0.1, -0.05) is 29.0 Å². The van der Waals surface area contributed by atoms with Gasteiger partial charge in [-0.05, 0) is 48.0 Å². The standard InChI is InChI=1S/C13H18BrNO2/c14-13-11-7-6-10(8-9-16)4-2-1-3-5-12(11)17-15-13/h1-2,6,11-12,16H,3-5,7-9H2/b2-1-,10-6+/t11-,12-/m0/s1. The molecule has 0 saturated heterocycles. The molecule has 1 aliphatic heterocycles. The summed E-state index contributed by atoms with van der Waals surface area (Å²) in [5, 5.41) is 13.1. The summed E-state index contributed by atoms with van der Waals surface area (Å²) in [6, 6.07) is 0. The Morgan fingerprint density at radius 3 is 3.18 bits per heavy atom. The number of aliphatic hydroxyl groups excluding tert-OH is 1. The van der Waals surface area contributed by atoms with E-state index in [1.807, 2.05) is 0 Å². The minimum Gasteiger partial charge on any atom is -0.396 e. The summed E-state index contributed by atoms with van der Waals surface area (Å²) in [6.45, 7) is 0.222. The van der Waals surface area contributed by atoms with Gasteiger partial charge in [-0.15, -0.1) is 0 Å². The number of allylic oxidation sites excluding steroid dienone is 3. The van der Waals surface area contributed by atoms with Crippen LogP contribution in [0.25, 0.3) is 0 Å². The van der Waals surface area contributed by atoms with Gasteiger partial charge in [0.2, 0.25) is 0 Å². The van der Waals surface area contributed by atoms with E-state index in [1.165, 1.54) is 5.57 Å². The van der Waals surface area contributed by atoms with Gasteiger partial charge in [0.05, 0.1) is 5.92 Å². The van der Waals surface area contributed by atoms with Gasteiger partial charge in [-0.25, -0.2) is 0 Å². The van der Waals surface area contributed by atoms with Crippen LogP contribution < -0.4 is 0 Å². The molecule has 0 spiro atoms. The van der Waals surface area contributed by atoms with Gasteiger partial charge >= 0.3 is 0 Å². The first-order valence-electron chi connectivity index (χ1n) is 6.14. The van der Waals surface area contributed by atoms with E-state index in [0.29, 0.717) is 5.92 Å². The maximum atomic E-state index is 9.02. The van der Waals surface area contributed by atoms with Crippen molar-refractivity contribution < 1.29 is 9.94 Å². The van der Waals surface area contributed by atoms with Gasteiger partial charge in [-0.2, -0.15) is 0 Å². The van der Waals surface area contributed by atoms with Crippen molar-refractivity contribution in [3.63, 3.8) is 0 Å². The molecule has 1 aliphatic carbocycles. The smallest absolute Gasteiger partial charge is 0.137 e. The number of nitrogens with zero attached hydrogens (tertiary/aromatic N) is 1. The molecular weight excluding hydrogens is 282 g/mol. The molecule has 2 aliphatic rings. The normalized spacial score (nSPS) is 34.0. The molecule has 0 bridgehead atoms. The van der Waals surface area contributed by atoms with Gasteiger partial charge in [0, 0.05) is 6.61 Å². The Balaban J connectivity index is 2.08. The lowest BCUT2D eigenvalue weighted by Gasteiger charge is -2.16. The van der Waals surface area contributed by atoms with E-state index in [2.05, 4.69) is 39.3 Å². The minimum absolute atomic E-state index is 0.193. The number of hydrogen-bond acceptors (Lipinski definition) is 3. The van der Waals surface area contributed by atoms with Crippen molar-refractivity contribution >= 4 is 20.6 Å². The van der Waals surface area contributed by atoms with Gasteiger partial charge in [0.15, 0.2) is 0 Å². The van der Waals surface area contributed by atoms with Crippen LogP contribution in [0.15, 0.2) is 29.0 Å². The summed E-state index contributed by atoms with van der Waals surface area (Å²) in [7, 11) is 0. The molecule has 3 nitrogen and oxygen atoms in total. The molecule has 0 aromatic heterocycles. The SMILES string of the molecule is OCC/C1=C/C[C@@H]2C(Br)=NO[C@H]2CC/C=C\C1. The minimum atomic E-state index is 0.193. The van der Waals surface area contributed by atoms with Crippen molar-refractivity contribution in [3.05, 3.63) is 23.8 Å². The molecule has 2 rings (SSSR count). The molecule has 4 heteroatoms. The lowest BCUT2D eigenvalue weighted by molar-refractivity contribution is 0.0567.